The number of esters is 1. The average Bonchev–Trinajstić information content (AvgIpc) is 2.60. The van der Waals surface area contributed by atoms with Crippen molar-refractivity contribution in [3.8, 4) is 0 Å². The lowest BCUT2D eigenvalue weighted by molar-refractivity contribution is -0.136. The van der Waals surface area contributed by atoms with Crippen LogP contribution in [0.25, 0.3) is 5.57 Å². The third kappa shape index (κ3) is 4.32. The highest BCUT2D eigenvalue weighted by Crippen LogP contribution is 2.30. The SMILES string of the molecule is CCCC/C(C(=O)OC)=C(\c1ccccc1)c1ccc(C)cc1. The van der Waals surface area contributed by atoms with Gasteiger partial charge in [0, 0.05) is 5.57 Å². The highest BCUT2D eigenvalue weighted by atomic mass is 16.5. The van der Waals surface area contributed by atoms with E-state index in [-0.39, 0.29) is 5.97 Å². The van der Waals surface area contributed by atoms with Crippen LogP contribution < -0.4 is 0 Å². The standard InChI is InChI=1S/C21H24O2/c1-4-5-11-19(21(22)23-3)20(17-9-7-6-8-10-17)18-14-12-16(2)13-15-18/h6-10,12-15H,4-5,11H2,1-3H3/b20-19-. The van der Waals surface area contributed by atoms with Crippen LogP contribution in [0, 0.1) is 6.92 Å². The van der Waals surface area contributed by atoms with E-state index in [4.69, 9.17) is 4.74 Å². The van der Waals surface area contributed by atoms with Crippen LogP contribution in [0.3, 0.4) is 0 Å². The predicted octanol–water partition coefficient (Wildman–Crippen LogP) is 5.16. The second kappa shape index (κ2) is 8.33. The Balaban J connectivity index is 2.64. The molecule has 120 valence electrons. The lowest BCUT2D eigenvalue weighted by atomic mass is 9.90. The molecule has 0 aromatic heterocycles. The third-order valence-electron chi connectivity index (χ3n) is 3.92. The summed E-state index contributed by atoms with van der Waals surface area (Å²) in [6.07, 6.45) is 2.73. The van der Waals surface area contributed by atoms with E-state index in [1.165, 1.54) is 12.7 Å². The van der Waals surface area contributed by atoms with Crippen LogP contribution in [0.1, 0.15) is 42.9 Å². The summed E-state index contributed by atoms with van der Waals surface area (Å²) in [4.78, 5) is 12.4. The molecule has 0 bridgehead atoms. The molecular weight excluding hydrogens is 284 g/mol. The zero-order valence-electron chi connectivity index (χ0n) is 14.1. The Bertz CT molecular complexity index is 667. The lowest BCUT2D eigenvalue weighted by Crippen LogP contribution is -2.09. The van der Waals surface area contributed by atoms with E-state index in [0.29, 0.717) is 0 Å². The van der Waals surface area contributed by atoms with E-state index >= 15 is 0 Å². The molecule has 0 N–H and O–H groups in total. The molecule has 2 heteroatoms. The molecule has 0 heterocycles. The summed E-state index contributed by atoms with van der Waals surface area (Å²) in [7, 11) is 1.45. The number of hydrogen-bond acceptors (Lipinski definition) is 2. The largest absolute Gasteiger partial charge is 0.466 e. The zero-order valence-corrected chi connectivity index (χ0v) is 14.1. The average molecular weight is 308 g/mol. The van der Waals surface area contributed by atoms with E-state index in [1.807, 2.05) is 30.3 Å². The topological polar surface area (TPSA) is 26.3 Å². The van der Waals surface area contributed by atoms with Gasteiger partial charge in [-0.05, 0) is 36.5 Å². The summed E-state index contributed by atoms with van der Waals surface area (Å²) >= 11 is 0. The molecule has 2 aromatic carbocycles. The number of hydrogen-bond donors (Lipinski definition) is 0. The van der Waals surface area contributed by atoms with Crippen LogP contribution >= 0.6 is 0 Å². The van der Waals surface area contributed by atoms with Crippen LogP contribution in [0.2, 0.25) is 0 Å². The van der Waals surface area contributed by atoms with Gasteiger partial charge in [-0.15, -0.1) is 0 Å². The normalized spacial score (nSPS) is 11.8. The van der Waals surface area contributed by atoms with E-state index < -0.39 is 0 Å². The number of benzene rings is 2. The second-order valence-corrected chi connectivity index (χ2v) is 5.68. The molecular formula is C21H24O2. The van der Waals surface area contributed by atoms with Crippen LogP contribution in [0.4, 0.5) is 0 Å². The van der Waals surface area contributed by atoms with Crippen LogP contribution in [0.15, 0.2) is 60.2 Å². The number of ether oxygens (including phenoxy) is 1. The molecule has 2 aromatic rings. The first kappa shape index (κ1) is 17.0. The zero-order chi connectivity index (χ0) is 16.7. The van der Waals surface area contributed by atoms with Crippen molar-refractivity contribution < 1.29 is 9.53 Å². The summed E-state index contributed by atoms with van der Waals surface area (Å²) in [6.45, 7) is 4.19. The molecule has 0 aliphatic heterocycles. The van der Waals surface area contributed by atoms with Gasteiger partial charge in [0.15, 0.2) is 0 Å². The van der Waals surface area contributed by atoms with Crippen LogP contribution in [0.5, 0.6) is 0 Å². The fourth-order valence-electron chi connectivity index (χ4n) is 2.65. The van der Waals surface area contributed by atoms with Gasteiger partial charge in [0.25, 0.3) is 0 Å². The minimum absolute atomic E-state index is 0.238. The predicted molar refractivity (Wildman–Crippen MR) is 95.2 cm³/mol. The van der Waals surface area contributed by atoms with Crippen molar-refractivity contribution in [1.29, 1.82) is 0 Å². The van der Waals surface area contributed by atoms with Crippen molar-refractivity contribution in [2.75, 3.05) is 7.11 Å². The van der Waals surface area contributed by atoms with Crippen LogP contribution in [-0.2, 0) is 9.53 Å². The summed E-state index contributed by atoms with van der Waals surface area (Å²) < 4.78 is 5.06. The maximum Gasteiger partial charge on any atom is 0.334 e. The lowest BCUT2D eigenvalue weighted by Gasteiger charge is -2.15. The molecule has 0 aliphatic carbocycles. The molecule has 0 saturated heterocycles. The van der Waals surface area contributed by atoms with E-state index in [0.717, 1.165) is 41.5 Å². The van der Waals surface area contributed by atoms with Crippen molar-refractivity contribution in [2.45, 2.75) is 33.1 Å². The number of rotatable bonds is 6. The van der Waals surface area contributed by atoms with Crippen molar-refractivity contribution in [2.24, 2.45) is 0 Å². The molecule has 0 aliphatic rings. The van der Waals surface area contributed by atoms with Crippen molar-refractivity contribution in [1.82, 2.24) is 0 Å². The highest BCUT2D eigenvalue weighted by Gasteiger charge is 2.18. The Hall–Kier alpha value is -2.35. The molecule has 0 fully saturated rings. The number of carbonyl (C=O) groups is 1. The highest BCUT2D eigenvalue weighted by molar-refractivity contribution is 6.01. The van der Waals surface area contributed by atoms with Gasteiger partial charge in [-0.2, -0.15) is 0 Å². The number of aryl methyl sites for hydroxylation is 1. The Morgan fingerprint density at radius 3 is 2.13 bits per heavy atom. The summed E-state index contributed by atoms with van der Waals surface area (Å²) in [5, 5.41) is 0. The van der Waals surface area contributed by atoms with Gasteiger partial charge in [0.1, 0.15) is 0 Å². The Morgan fingerprint density at radius 1 is 0.957 bits per heavy atom. The van der Waals surface area contributed by atoms with Crippen molar-refractivity contribution >= 4 is 11.5 Å². The maximum atomic E-state index is 12.4. The molecule has 23 heavy (non-hydrogen) atoms. The van der Waals surface area contributed by atoms with Gasteiger partial charge >= 0.3 is 5.97 Å². The second-order valence-electron chi connectivity index (χ2n) is 5.68. The fraction of sp³-hybridized carbons (Fsp3) is 0.286. The number of methoxy groups -OCH3 is 1. The van der Waals surface area contributed by atoms with Crippen molar-refractivity contribution in [3.63, 3.8) is 0 Å². The van der Waals surface area contributed by atoms with Gasteiger partial charge in [-0.25, -0.2) is 4.79 Å². The maximum absolute atomic E-state index is 12.4. The number of unbranched alkanes of at least 4 members (excludes halogenated alkanes) is 1. The molecule has 0 spiro atoms. The van der Waals surface area contributed by atoms with Gasteiger partial charge in [-0.3, -0.25) is 0 Å². The Morgan fingerprint density at radius 2 is 1.57 bits per heavy atom. The molecule has 0 amide bonds. The quantitative estimate of drug-likeness (QED) is 0.544. The monoisotopic (exact) mass is 308 g/mol. The summed E-state index contributed by atoms with van der Waals surface area (Å²) in [6, 6.07) is 18.4. The Labute approximate surface area is 138 Å². The molecule has 0 unspecified atom stereocenters. The van der Waals surface area contributed by atoms with Gasteiger partial charge < -0.3 is 4.74 Å². The fourth-order valence-corrected chi connectivity index (χ4v) is 2.65. The summed E-state index contributed by atoms with van der Waals surface area (Å²) in [5.41, 5.74) is 5.04. The van der Waals surface area contributed by atoms with E-state index in [9.17, 15) is 4.79 Å². The minimum Gasteiger partial charge on any atom is -0.466 e. The Kier molecular flexibility index (Phi) is 6.16. The van der Waals surface area contributed by atoms with Gasteiger partial charge in [0.2, 0.25) is 0 Å². The van der Waals surface area contributed by atoms with Gasteiger partial charge in [-0.1, -0.05) is 73.5 Å². The van der Waals surface area contributed by atoms with Gasteiger partial charge in [0.05, 0.1) is 7.11 Å². The van der Waals surface area contributed by atoms with Crippen molar-refractivity contribution in [3.05, 3.63) is 76.9 Å². The molecule has 0 radical (unpaired) electrons. The number of carbonyl (C=O) groups excluding carboxylic acids is 1. The van der Waals surface area contributed by atoms with E-state index in [2.05, 4.69) is 38.1 Å². The summed E-state index contributed by atoms with van der Waals surface area (Å²) in [5.74, 6) is -0.238. The minimum atomic E-state index is -0.238. The molecule has 0 atom stereocenters. The molecule has 2 rings (SSSR count). The van der Waals surface area contributed by atoms with E-state index in [1.54, 1.807) is 0 Å². The molecule has 0 saturated carbocycles. The molecule has 2 nitrogen and oxygen atoms in total. The first-order chi connectivity index (χ1) is 11.2. The first-order valence-electron chi connectivity index (χ1n) is 8.11. The van der Waals surface area contributed by atoms with Crippen LogP contribution in [-0.4, -0.2) is 13.1 Å². The first-order valence-corrected chi connectivity index (χ1v) is 8.11. The smallest absolute Gasteiger partial charge is 0.334 e. The third-order valence-corrected chi connectivity index (χ3v) is 3.92.